The number of pyridine rings is 2. The summed E-state index contributed by atoms with van der Waals surface area (Å²) in [4.78, 5) is 41.2. The Bertz CT molecular complexity index is 1120. The molecular weight excluding hydrogens is 478 g/mol. The quantitative estimate of drug-likeness (QED) is 0.364. The van der Waals surface area contributed by atoms with E-state index >= 15 is 0 Å². The van der Waals surface area contributed by atoms with Crippen LogP contribution in [0.25, 0.3) is 6.08 Å². The lowest BCUT2D eigenvalue weighted by atomic mass is 9.87. The minimum Gasteiger partial charge on any atom is -0.466 e. The number of carbonyl (C=O) groups excluding carboxylic acids is 2. The number of aryl methyl sites for hydroxylation is 1. The number of methoxy groups -OCH3 is 1. The number of aromatic nitrogens is 2. The number of ether oxygens (including phenoxy) is 1. The molecule has 1 saturated carbocycles. The normalized spacial score (nSPS) is 17.0. The summed E-state index contributed by atoms with van der Waals surface area (Å²) >= 11 is 0. The molecule has 1 aliphatic heterocycles. The summed E-state index contributed by atoms with van der Waals surface area (Å²) in [6.45, 7) is 4.47. The van der Waals surface area contributed by atoms with Crippen LogP contribution in [-0.4, -0.2) is 62.7 Å². The summed E-state index contributed by atoms with van der Waals surface area (Å²) in [5.74, 6) is 1.86. The lowest BCUT2D eigenvalue weighted by Gasteiger charge is -2.37. The molecule has 0 radical (unpaired) electrons. The van der Waals surface area contributed by atoms with E-state index < -0.39 is 5.97 Å². The van der Waals surface area contributed by atoms with Gasteiger partial charge in [0, 0.05) is 51.4 Å². The van der Waals surface area contributed by atoms with Crippen molar-refractivity contribution in [1.29, 1.82) is 0 Å². The molecule has 38 heavy (non-hydrogen) atoms. The van der Waals surface area contributed by atoms with Gasteiger partial charge in [0.15, 0.2) is 0 Å². The van der Waals surface area contributed by atoms with Gasteiger partial charge in [0.05, 0.1) is 19.0 Å². The molecule has 204 valence electrons. The summed E-state index contributed by atoms with van der Waals surface area (Å²) in [5, 5.41) is 0. The fourth-order valence-corrected chi connectivity index (χ4v) is 5.47. The minimum atomic E-state index is -0.408. The van der Waals surface area contributed by atoms with Gasteiger partial charge >= 0.3 is 5.97 Å². The number of hydrogen-bond donors (Lipinski definition) is 0. The molecule has 1 saturated heterocycles. The molecule has 0 bridgehead atoms. The summed E-state index contributed by atoms with van der Waals surface area (Å²) in [5.41, 5.74) is 2.80. The summed E-state index contributed by atoms with van der Waals surface area (Å²) in [6.07, 6.45) is 12.4. The number of anilines is 3. The maximum Gasteiger partial charge on any atom is 0.330 e. The second-order valence-electron chi connectivity index (χ2n) is 10.7. The van der Waals surface area contributed by atoms with E-state index in [0.717, 1.165) is 74.4 Å². The van der Waals surface area contributed by atoms with Crippen molar-refractivity contribution in [3.63, 3.8) is 0 Å². The summed E-state index contributed by atoms with van der Waals surface area (Å²) in [6, 6.07) is 8.03. The zero-order valence-corrected chi connectivity index (χ0v) is 23.2. The molecule has 0 unspecified atom stereocenters. The first-order chi connectivity index (χ1) is 18.3. The van der Waals surface area contributed by atoms with Crippen LogP contribution in [0.15, 0.2) is 36.5 Å². The van der Waals surface area contributed by atoms with Gasteiger partial charge in [-0.2, -0.15) is 0 Å². The third-order valence-corrected chi connectivity index (χ3v) is 7.68. The Morgan fingerprint density at radius 2 is 1.79 bits per heavy atom. The van der Waals surface area contributed by atoms with Crippen LogP contribution in [0.4, 0.5) is 17.3 Å². The van der Waals surface area contributed by atoms with Gasteiger partial charge in [0.25, 0.3) is 0 Å². The van der Waals surface area contributed by atoms with Crippen molar-refractivity contribution in [3.05, 3.63) is 47.8 Å². The molecule has 1 amide bonds. The standard InChI is InChI=1S/C30H41N5O3/c1-22-18-24(10-13-29(36)38-4)19-28(32-22)35(30(37)25-8-6-5-7-9-25)21-23-14-16-34(17-15-23)26-11-12-27(31-20-26)33(2)3/h10-13,18-20,23,25H,5-9,14-17,21H2,1-4H3/b13-10+. The minimum absolute atomic E-state index is 0.0569. The van der Waals surface area contributed by atoms with Gasteiger partial charge in [-0.25, -0.2) is 14.8 Å². The molecule has 8 nitrogen and oxygen atoms in total. The second-order valence-corrected chi connectivity index (χ2v) is 10.7. The number of nitrogens with zero attached hydrogens (tertiary/aromatic N) is 5. The average Bonchev–Trinajstić information content (AvgIpc) is 2.94. The van der Waals surface area contributed by atoms with Gasteiger partial charge in [-0.15, -0.1) is 0 Å². The highest BCUT2D eigenvalue weighted by Gasteiger charge is 2.31. The van der Waals surface area contributed by atoms with Crippen LogP contribution in [-0.2, 0) is 14.3 Å². The van der Waals surface area contributed by atoms with E-state index in [-0.39, 0.29) is 11.8 Å². The maximum atomic E-state index is 13.9. The third-order valence-electron chi connectivity index (χ3n) is 7.68. The van der Waals surface area contributed by atoms with Gasteiger partial charge in [0.1, 0.15) is 11.6 Å². The Labute approximate surface area is 226 Å². The molecule has 2 aromatic heterocycles. The molecule has 2 aliphatic rings. The van der Waals surface area contributed by atoms with E-state index in [0.29, 0.717) is 18.3 Å². The average molecular weight is 520 g/mol. The van der Waals surface area contributed by atoms with Crippen molar-refractivity contribution < 1.29 is 14.3 Å². The maximum absolute atomic E-state index is 13.9. The highest BCUT2D eigenvalue weighted by molar-refractivity contribution is 5.95. The zero-order chi connectivity index (χ0) is 27.1. The van der Waals surface area contributed by atoms with Crippen molar-refractivity contribution >= 4 is 35.3 Å². The number of carbonyl (C=O) groups is 2. The van der Waals surface area contributed by atoms with E-state index in [9.17, 15) is 9.59 Å². The molecule has 0 atom stereocenters. The van der Waals surface area contributed by atoms with Crippen LogP contribution in [0.3, 0.4) is 0 Å². The SMILES string of the molecule is COC(=O)/C=C/c1cc(C)nc(N(CC2CCN(c3ccc(N(C)C)nc3)CC2)C(=O)C2CCCCC2)c1. The first-order valence-corrected chi connectivity index (χ1v) is 13.8. The molecule has 2 fully saturated rings. The van der Waals surface area contributed by atoms with Gasteiger partial charge in [-0.3, -0.25) is 9.69 Å². The Kier molecular flexibility index (Phi) is 9.37. The highest BCUT2D eigenvalue weighted by atomic mass is 16.5. The highest BCUT2D eigenvalue weighted by Crippen LogP contribution is 2.31. The van der Waals surface area contributed by atoms with E-state index in [1.807, 2.05) is 49.1 Å². The first kappa shape index (κ1) is 27.6. The molecule has 1 aliphatic carbocycles. The Hall–Kier alpha value is -3.42. The van der Waals surface area contributed by atoms with Gasteiger partial charge in [0.2, 0.25) is 5.91 Å². The molecule has 8 heteroatoms. The molecule has 2 aromatic rings. The number of rotatable bonds is 8. The number of piperidine rings is 1. The molecule has 3 heterocycles. The Morgan fingerprint density at radius 1 is 1.05 bits per heavy atom. The third kappa shape index (κ3) is 7.11. The van der Waals surface area contributed by atoms with E-state index in [1.54, 1.807) is 6.08 Å². The van der Waals surface area contributed by atoms with Crippen LogP contribution in [0.5, 0.6) is 0 Å². The van der Waals surface area contributed by atoms with Gasteiger partial charge < -0.3 is 14.5 Å². The van der Waals surface area contributed by atoms with Crippen LogP contribution in [0.2, 0.25) is 0 Å². The topological polar surface area (TPSA) is 78.9 Å². The van der Waals surface area contributed by atoms with E-state index in [4.69, 9.17) is 9.72 Å². The molecule has 4 rings (SSSR count). The van der Waals surface area contributed by atoms with Crippen molar-refractivity contribution in [2.45, 2.75) is 51.9 Å². The van der Waals surface area contributed by atoms with E-state index in [2.05, 4.69) is 22.0 Å². The van der Waals surface area contributed by atoms with Crippen molar-refractivity contribution in [1.82, 2.24) is 9.97 Å². The molecule has 0 spiro atoms. The van der Waals surface area contributed by atoms with E-state index in [1.165, 1.54) is 19.6 Å². The number of esters is 1. The van der Waals surface area contributed by atoms with Crippen LogP contribution >= 0.6 is 0 Å². The number of amides is 1. The summed E-state index contributed by atoms with van der Waals surface area (Å²) in [7, 11) is 5.35. The molecule has 0 N–H and O–H groups in total. The van der Waals surface area contributed by atoms with Crippen molar-refractivity contribution in [2.24, 2.45) is 11.8 Å². The lowest BCUT2D eigenvalue weighted by molar-refractivity contribution is -0.134. The largest absolute Gasteiger partial charge is 0.466 e. The summed E-state index contributed by atoms with van der Waals surface area (Å²) < 4.78 is 4.74. The van der Waals surface area contributed by atoms with Crippen molar-refractivity contribution in [2.75, 3.05) is 55.5 Å². The zero-order valence-electron chi connectivity index (χ0n) is 23.2. The van der Waals surface area contributed by atoms with Crippen LogP contribution in [0.1, 0.15) is 56.2 Å². The first-order valence-electron chi connectivity index (χ1n) is 13.8. The van der Waals surface area contributed by atoms with Gasteiger partial charge in [-0.1, -0.05) is 19.3 Å². The lowest BCUT2D eigenvalue weighted by Crippen LogP contribution is -2.44. The molecular formula is C30H41N5O3. The predicted molar refractivity (Wildman–Crippen MR) is 152 cm³/mol. The van der Waals surface area contributed by atoms with Crippen LogP contribution < -0.4 is 14.7 Å². The smallest absolute Gasteiger partial charge is 0.330 e. The fraction of sp³-hybridized carbons (Fsp3) is 0.533. The number of hydrogen-bond acceptors (Lipinski definition) is 7. The Morgan fingerprint density at radius 3 is 2.42 bits per heavy atom. The fourth-order valence-electron chi connectivity index (χ4n) is 5.47. The Balaban J connectivity index is 1.50. The van der Waals surface area contributed by atoms with Gasteiger partial charge in [-0.05, 0) is 74.4 Å². The molecule has 0 aromatic carbocycles. The van der Waals surface area contributed by atoms with Crippen LogP contribution in [0, 0.1) is 18.8 Å². The predicted octanol–water partition coefficient (Wildman–Crippen LogP) is 4.87. The second kappa shape index (κ2) is 12.9. The van der Waals surface area contributed by atoms with Crippen molar-refractivity contribution in [3.8, 4) is 0 Å². The monoisotopic (exact) mass is 519 g/mol.